The topological polar surface area (TPSA) is 34.2 Å². The molecule has 1 unspecified atom stereocenters. The minimum atomic E-state index is 0.0613. The summed E-state index contributed by atoms with van der Waals surface area (Å²) in [5.74, 6) is 0.760. The van der Waals surface area contributed by atoms with Crippen LogP contribution in [0.3, 0.4) is 0 Å². The molecular weight excluding hydrogens is 284 g/mol. The molecule has 1 aromatic carbocycles. The van der Waals surface area contributed by atoms with Gasteiger partial charge >= 0.3 is 0 Å². The van der Waals surface area contributed by atoms with Gasteiger partial charge in [0.2, 0.25) is 0 Å². The van der Waals surface area contributed by atoms with Gasteiger partial charge in [0, 0.05) is 11.2 Å². The van der Waals surface area contributed by atoms with Crippen molar-refractivity contribution in [3.05, 3.63) is 58.4 Å². The van der Waals surface area contributed by atoms with Crippen molar-refractivity contribution >= 4 is 11.6 Å². The lowest BCUT2D eigenvalue weighted by Gasteiger charge is -2.22. The Balaban J connectivity index is 2.44. The second kappa shape index (κ2) is 7.43. The minimum Gasteiger partial charge on any atom is -0.495 e. The molecule has 2 aromatic rings. The molecule has 0 aliphatic carbocycles. The molecule has 1 aromatic heterocycles. The molecule has 1 heterocycles. The van der Waals surface area contributed by atoms with E-state index in [2.05, 4.69) is 24.1 Å². The number of rotatable bonds is 6. The molecule has 1 atom stereocenters. The van der Waals surface area contributed by atoms with Gasteiger partial charge in [-0.2, -0.15) is 0 Å². The van der Waals surface area contributed by atoms with Gasteiger partial charge in [0.1, 0.15) is 5.75 Å². The fourth-order valence-electron chi connectivity index (χ4n) is 2.32. The van der Waals surface area contributed by atoms with Gasteiger partial charge in [0.15, 0.2) is 0 Å². The zero-order valence-electron chi connectivity index (χ0n) is 12.7. The second-order valence-electron chi connectivity index (χ2n) is 5.05. The maximum absolute atomic E-state index is 6.17. The molecule has 0 spiro atoms. The van der Waals surface area contributed by atoms with Crippen molar-refractivity contribution in [1.29, 1.82) is 0 Å². The molecule has 0 amide bonds. The molecule has 112 valence electrons. The van der Waals surface area contributed by atoms with E-state index in [1.165, 1.54) is 11.1 Å². The summed E-state index contributed by atoms with van der Waals surface area (Å²) in [6, 6.07) is 8.06. The number of aryl methyl sites for hydroxylation is 1. The Morgan fingerprint density at radius 1 is 1.29 bits per heavy atom. The van der Waals surface area contributed by atoms with Crippen molar-refractivity contribution in [2.75, 3.05) is 13.7 Å². The normalized spacial score (nSPS) is 12.2. The predicted octanol–water partition coefficient (Wildman–Crippen LogP) is 4.14. The molecule has 1 N–H and O–H groups in total. The van der Waals surface area contributed by atoms with Gasteiger partial charge in [-0.15, -0.1) is 0 Å². The van der Waals surface area contributed by atoms with E-state index in [0.29, 0.717) is 0 Å². The third-order valence-corrected chi connectivity index (χ3v) is 3.69. The van der Waals surface area contributed by atoms with E-state index >= 15 is 0 Å². The van der Waals surface area contributed by atoms with Gasteiger partial charge in [-0.05, 0) is 54.8 Å². The third kappa shape index (κ3) is 3.96. The maximum atomic E-state index is 6.17. The SMILES string of the molecule is CCCNC(c1cncc(OC)c1)c1cc(Cl)ccc1C. The largest absolute Gasteiger partial charge is 0.495 e. The summed E-state index contributed by atoms with van der Waals surface area (Å²) in [4.78, 5) is 4.26. The lowest BCUT2D eigenvalue weighted by atomic mass is 9.96. The Morgan fingerprint density at radius 3 is 2.81 bits per heavy atom. The van der Waals surface area contributed by atoms with Crippen molar-refractivity contribution in [2.45, 2.75) is 26.3 Å². The molecule has 0 fully saturated rings. The van der Waals surface area contributed by atoms with E-state index in [1.54, 1.807) is 13.3 Å². The van der Waals surface area contributed by atoms with Gasteiger partial charge in [0.05, 0.1) is 19.3 Å². The van der Waals surface area contributed by atoms with Crippen molar-refractivity contribution < 1.29 is 4.74 Å². The van der Waals surface area contributed by atoms with Crippen molar-refractivity contribution in [3.8, 4) is 5.75 Å². The van der Waals surface area contributed by atoms with Crippen molar-refractivity contribution in [3.63, 3.8) is 0 Å². The van der Waals surface area contributed by atoms with Gasteiger partial charge in [-0.3, -0.25) is 4.98 Å². The first-order valence-electron chi connectivity index (χ1n) is 7.14. The first-order chi connectivity index (χ1) is 10.2. The van der Waals surface area contributed by atoms with E-state index in [-0.39, 0.29) is 6.04 Å². The monoisotopic (exact) mass is 304 g/mol. The van der Waals surface area contributed by atoms with E-state index in [9.17, 15) is 0 Å². The fraction of sp³-hybridized carbons (Fsp3) is 0.353. The van der Waals surface area contributed by atoms with Crippen LogP contribution in [0, 0.1) is 6.92 Å². The van der Waals surface area contributed by atoms with Crippen LogP contribution < -0.4 is 10.1 Å². The number of aromatic nitrogens is 1. The summed E-state index contributed by atoms with van der Waals surface area (Å²) in [5.41, 5.74) is 3.45. The van der Waals surface area contributed by atoms with Crippen molar-refractivity contribution in [1.82, 2.24) is 10.3 Å². The quantitative estimate of drug-likeness (QED) is 0.871. The standard InChI is InChI=1S/C17H21ClN2O/c1-4-7-20-17(13-8-15(21-3)11-19-10-13)16-9-14(18)6-5-12(16)2/h5-6,8-11,17,20H,4,7H2,1-3H3. The van der Waals surface area contributed by atoms with Crippen LogP contribution in [-0.2, 0) is 0 Å². The highest BCUT2D eigenvalue weighted by Crippen LogP contribution is 2.28. The fourth-order valence-corrected chi connectivity index (χ4v) is 2.50. The molecule has 21 heavy (non-hydrogen) atoms. The first kappa shape index (κ1) is 15.8. The molecule has 4 heteroatoms. The number of benzene rings is 1. The highest BCUT2D eigenvalue weighted by molar-refractivity contribution is 6.30. The second-order valence-corrected chi connectivity index (χ2v) is 5.48. The Morgan fingerprint density at radius 2 is 2.10 bits per heavy atom. The molecule has 0 saturated carbocycles. The van der Waals surface area contributed by atoms with Crippen LogP contribution in [0.1, 0.15) is 36.1 Å². The van der Waals surface area contributed by atoms with Gasteiger partial charge < -0.3 is 10.1 Å². The number of hydrogen-bond donors (Lipinski definition) is 1. The summed E-state index contributed by atoms with van der Waals surface area (Å²) in [5, 5.41) is 4.31. The van der Waals surface area contributed by atoms with Crippen molar-refractivity contribution in [2.24, 2.45) is 0 Å². The van der Waals surface area contributed by atoms with E-state index in [1.807, 2.05) is 30.5 Å². The first-order valence-corrected chi connectivity index (χ1v) is 7.52. The highest BCUT2D eigenvalue weighted by Gasteiger charge is 2.17. The van der Waals surface area contributed by atoms with Crippen LogP contribution in [0.5, 0.6) is 5.75 Å². The molecule has 0 aliphatic heterocycles. The Labute approximate surface area is 131 Å². The van der Waals surface area contributed by atoms with E-state index in [4.69, 9.17) is 16.3 Å². The smallest absolute Gasteiger partial charge is 0.137 e. The predicted molar refractivity (Wildman–Crippen MR) is 87.1 cm³/mol. The van der Waals surface area contributed by atoms with Crippen LogP contribution in [0.15, 0.2) is 36.7 Å². The van der Waals surface area contributed by atoms with Gasteiger partial charge in [0.25, 0.3) is 0 Å². The summed E-state index contributed by atoms with van der Waals surface area (Å²) >= 11 is 6.17. The zero-order valence-corrected chi connectivity index (χ0v) is 13.4. The van der Waals surface area contributed by atoms with Gasteiger partial charge in [-0.25, -0.2) is 0 Å². The average Bonchev–Trinajstić information content (AvgIpc) is 2.51. The Bertz CT molecular complexity index is 601. The molecule has 0 radical (unpaired) electrons. The van der Waals surface area contributed by atoms with Gasteiger partial charge in [-0.1, -0.05) is 24.6 Å². The van der Waals surface area contributed by atoms with Crippen LogP contribution in [0.2, 0.25) is 5.02 Å². The number of ether oxygens (including phenoxy) is 1. The molecule has 0 aliphatic rings. The van der Waals surface area contributed by atoms with E-state index in [0.717, 1.165) is 29.3 Å². The number of hydrogen-bond acceptors (Lipinski definition) is 3. The number of nitrogens with zero attached hydrogens (tertiary/aromatic N) is 1. The summed E-state index contributed by atoms with van der Waals surface area (Å²) in [6.45, 7) is 5.17. The average molecular weight is 305 g/mol. The number of halogens is 1. The number of nitrogens with one attached hydrogen (secondary N) is 1. The number of methoxy groups -OCH3 is 1. The summed E-state index contributed by atoms with van der Waals surface area (Å²) in [7, 11) is 1.65. The third-order valence-electron chi connectivity index (χ3n) is 3.45. The summed E-state index contributed by atoms with van der Waals surface area (Å²) in [6.07, 6.45) is 4.65. The molecule has 0 bridgehead atoms. The van der Waals surface area contributed by atoms with Crippen LogP contribution in [0.25, 0.3) is 0 Å². The maximum Gasteiger partial charge on any atom is 0.137 e. The Hall–Kier alpha value is -1.58. The molecule has 0 saturated heterocycles. The van der Waals surface area contributed by atoms with Crippen LogP contribution >= 0.6 is 11.6 Å². The van der Waals surface area contributed by atoms with Crippen LogP contribution in [0.4, 0.5) is 0 Å². The zero-order chi connectivity index (χ0) is 15.2. The summed E-state index contributed by atoms with van der Waals surface area (Å²) < 4.78 is 5.28. The van der Waals surface area contributed by atoms with E-state index < -0.39 is 0 Å². The lowest BCUT2D eigenvalue weighted by molar-refractivity contribution is 0.411. The Kier molecular flexibility index (Phi) is 5.59. The molecule has 2 rings (SSSR count). The highest BCUT2D eigenvalue weighted by atomic mass is 35.5. The number of pyridine rings is 1. The lowest BCUT2D eigenvalue weighted by Crippen LogP contribution is -2.24. The minimum absolute atomic E-state index is 0.0613. The molecule has 3 nitrogen and oxygen atoms in total. The molecular formula is C17H21ClN2O. The van der Waals surface area contributed by atoms with Crippen LogP contribution in [-0.4, -0.2) is 18.6 Å².